The van der Waals surface area contributed by atoms with Crippen LogP contribution >= 0.6 is 11.8 Å². The molecule has 8 heteroatoms. The highest BCUT2D eigenvalue weighted by molar-refractivity contribution is 7.99. The molecule has 0 aliphatic carbocycles. The molecule has 4 aromatic carbocycles. The number of hydrogen-bond acceptors (Lipinski definition) is 7. The third-order valence-electron chi connectivity index (χ3n) is 7.69. The van der Waals surface area contributed by atoms with Crippen molar-refractivity contribution >= 4 is 23.4 Å². The van der Waals surface area contributed by atoms with E-state index in [1.807, 2.05) is 109 Å². The van der Waals surface area contributed by atoms with Crippen molar-refractivity contribution in [1.82, 2.24) is 4.98 Å². The highest BCUT2D eigenvalue weighted by Gasteiger charge is 2.38. The molecule has 1 saturated heterocycles. The van der Waals surface area contributed by atoms with E-state index in [0.29, 0.717) is 16.7 Å². The number of ether oxygens (including phenoxy) is 2. The minimum atomic E-state index is -0.616. The number of anilines is 1. The summed E-state index contributed by atoms with van der Waals surface area (Å²) in [5.74, 6) is 1.21. The zero-order valence-electron chi connectivity index (χ0n) is 24.6. The Morgan fingerprint density at radius 3 is 2.11 bits per heavy atom. The van der Waals surface area contributed by atoms with Crippen molar-refractivity contribution < 1.29 is 23.8 Å². The number of oxazole rings is 1. The van der Waals surface area contributed by atoms with Crippen LogP contribution in [-0.4, -0.2) is 27.9 Å². The number of aromatic nitrogens is 1. The molecule has 1 aliphatic heterocycles. The van der Waals surface area contributed by atoms with Gasteiger partial charge in [-0.3, -0.25) is 4.79 Å². The van der Waals surface area contributed by atoms with E-state index in [0.717, 1.165) is 39.3 Å². The summed E-state index contributed by atoms with van der Waals surface area (Å²) < 4.78 is 19.5. The quantitative estimate of drug-likeness (QED) is 0.164. The second kappa shape index (κ2) is 13.6. The number of nitrogens with zero attached hydrogens (tertiary/aromatic N) is 1. The fourth-order valence-electron chi connectivity index (χ4n) is 5.33. The molecule has 1 aliphatic rings. The molecule has 1 amide bonds. The number of rotatable bonds is 9. The third kappa shape index (κ3) is 6.79. The summed E-state index contributed by atoms with van der Waals surface area (Å²) in [5, 5.41) is 12.9. The topological polar surface area (TPSA) is 93.8 Å². The molecule has 6 rings (SSSR count). The van der Waals surface area contributed by atoms with Crippen molar-refractivity contribution in [2.45, 2.75) is 44.2 Å². The number of benzene rings is 4. The van der Waals surface area contributed by atoms with Crippen LogP contribution in [0.1, 0.15) is 42.9 Å². The van der Waals surface area contributed by atoms with Crippen LogP contribution in [0.2, 0.25) is 0 Å². The lowest BCUT2D eigenvalue weighted by atomic mass is 9.91. The van der Waals surface area contributed by atoms with Crippen LogP contribution in [0.15, 0.2) is 119 Å². The van der Waals surface area contributed by atoms with E-state index in [9.17, 15) is 9.90 Å². The predicted octanol–water partition coefficient (Wildman–Crippen LogP) is 8.04. The molecule has 0 bridgehead atoms. The van der Waals surface area contributed by atoms with Crippen molar-refractivity contribution in [3.8, 4) is 22.6 Å². The van der Waals surface area contributed by atoms with Gasteiger partial charge in [-0.05, 0) is 23.3 Å². The number of aliphatic hydroxyl groups is 1. The Kier molecular flexibility index (Phi) is 9.23. The zero-order chi connectivity index (χ0) is 30.5. The molecule has 4 unspecified atom stereocenters. The van der Waals surface area contributed by atoms with Gasteiger partial charge < -0.3 is 24.3 Å². The summed E-state index contributed by atoms with van der Waals surface area (Å²) in [6.45, 7) is 3.60. The van der Waals surface area contributed by atoms with Gasteiger partial charge in [0.1, 0.15) is 5.69 Å². The largest absolute Gasteiger partial charge is 0.431 e. The van der Waals surface area contributed by atoms with Crippen molar-refractivity contribution in [1.29, 1.82) is 0 Å². The highest BCUT2D eigenvalue weighted by atomic mass is 32.2. The van der Waals surface area contributed by atoms with Gasteiger partial charge in [0.2, 0.25) is 5.91 Å². The molecule has 7 nitrogen and oxygen atoms in total. The maximum atomic E-state index is 11.5. The van der Waals surface area contributed by atoms with E-state index in [4.69, 9.17) is 18.9 Å². The van der Waals surface area contributed by atoms with Crippen LogP contribution in [0.5, 0.6) is 0 Å². The Morgan fingerprint density at radius 1 is 0.841 bits per heavy atom. The Labute approximate surface area is 261 Å². The van der Waals surface area contributed by atoms with Gasteiger partial charge in [0.15, 0.2) is 12.1 Å². The molecule has 1 aromatic heterocycles. The van der Waals surface area contributed by atoms with E-state index in [1.54, 1.807) is 0 Å². The molecule has 0 radical (unpaired) electrons. The minimum absolute atomic E-state index is 0.00882. The molecule has 2 heterocycles. The Hall–Kier alpha value is -4.21. The molecular formula is C36H34N2O5S. The lowest BCUT2D eigenvalue weighted by molar-refractivity contribution is -0.268. The van der Waals surface area contributed by atoms with Gasteiger partial charge >= 0.3 is 0 Å². The monoisotopic (exact) mass is 606 g/mol. The summed E-state index contributed by atoms with van der Waals surface area (Å²) in [4.78, 5) is 16.4. The van der Waals surface area contributed by atoms with Crippen LogP contribution in [0.25, 0.3) is 22.6 Å². The summed E-state index contributed by atoms with van der Waals surface area (Å²) >= 11 is 1.53. The Morgan fingerprint density at radius 2 is 1.48 bits per heavy atom. The minimum Gasteiger partial charge on any atom is -0.431 e. The van der Waals surface area contributed by atoms with E-state index in [-0.39, 0.29) is 30.6 Å². The van der Waals surface area contributed by atoms with Crippen molar-refractivity contribution in [3.05, 3.63) is 126 Å². The third-order valence-corrected chi connectivity index (χ3v) is 8.61. The SMILES string of the molecule is CC(=O)Nc1ccc(C2OC(CSc3nc(-c4ccccc4)c(-c4ccccc4)o3)C(C)C(c3ccc(CO)cc3)O2)cc1. The highest BCUT2D eigenvalue weighted by Crippen LogP contribution is 2.44. The maximum Gasteiger partial charge on any atom is 0.256 e. The molecule has 4 atom stereocenters. The molecule has 0 saturated carbocycles. The van der Waals surface area contributed by atoms with Crippen molar-refractivity contribution in [2.24, 2.45) is 5.92 Å². The van der Waals surface area contributed by atoms with E-state index < -0.39 is 6.29 Å². The second-order valence-electron chi connectivity index (χ2n) is 10.8. The number of thioether (sulfide) groups is 1. The summed E-state index contributed by atoms with van der Waals surface area (Å²) in [6, 6.07) is 35.5. The standard InChI is InChI=1S/C36H34N2O5S/c1-23-31(22-44-36-38-32(26-9-5-3-6-10-26)34(43-36)27-11-7-4-8-12-27)41-35(29-17-19-30(20-18-29)37-24(2)40)42-33(23)28-15-13-25(21-39)14-16-28/h3-20,23,31,33,35,39H,21-22H2,1-2H3,(H,37,40). The number of aliphatic hydroxyl groups excluding tert-OH is 1. The molecule has 5 aromatic rings. The Bertz CT molecular complexity index is 1620. The number of carbonyl (C=O) groups is 1. The first-order chi connectivity index (χ1) is 21.5. The molecule has 2 N–H and O–H groups in total. The maximum absolute atomic E-state index is 11.5. The van der Waals surface area contributed by atoms with Crippen molar-refractivity contribution in [2.75, 3.05) is 11.1 Å². The number of carbonyl (C=O) groups excluding carboxylic acids is 1. The van der Waals surface area contributed by atoms with Crippen LogP contribution in [-0.2, 0) is 20.9 Å². The summed E-state index contributed by atoms with van der Waals surface area (Å²) in [6.07, 6.45) is -1.05. The van der Waals surface area contributed by atoms with E-state index in [1.165, 1.54) is 18.7 Å². The summed E-state index contributed by atoms with van der Waals surface area (Å²) in [7, 11) is 0. The lowest BCUT2D eigenvalue weighted by Crippen LogP contribution is -2.38. The van der Waals surface area contributed by atoms with E-state index >= 15 is 0 Å². The molecule has 44 heavy (non-hydrogen) atoms. The average Bonchev–Trinajstić information content (AvgIpc) is 3.50. The molecule has 1 fully saturated rings. The number of nitrogens with one attached hydrogen (secondary N) is 1. The lowest BCUT2D eigenvalue weighted by Gasteiger charge is -2.41. The molecule has 0 spiro atoms. The van der Waals surface area contributed by atoms with Gasteiger partial charge in [-0.2, -0.15) is 0 Å². The zero-order valence-corrected chi connectivity index (χ0v) is 25.4. The number of hydrogen-bond donors (Lipinski definition) is 2. The van der Waals surface area contributed by atoms with Gasteiger partial charge in [0, 0.05) is 41.0 Å². The van der Waals surface area contributed by atoms with Crippen LogP contribution < -0.4 is 5.32 Å². The van der Waals surface area contributed by atoms with Gasteiger partial charge in [-0.1, -0.05) is 116 Å². The predicted molar refractivity (Wildman–Crippen MR) is 172 cm³/mol. The van der Waals surface area contributed by atoms with Crippen molar-refractivity contribution in [3.63, 3.8) is 0 Å². The second-order valence-corrected chi connectivity index (χ2v) is 11.8. The Balaban J connectivity index is 1.27. The smallest absolute Gasteiger partial charge is 0.256 e. The average molecular weight is 607 g/mol. The van der Waals surface area contributed by atoms with Crippen LogP contribution in [0.3, 0.4) is 0 Å². The summed E-state index contributed by atoms with van der Waals surface area (Å²) in [5.41, 5.74) is 6.19. The van der Waals surface area contributed by atoms with E-state index in [2.05, 4.69) is 12.2 Å². The van der Waals surface area contributed by atoms with Gasteiger partial charge in [0.25, 0.3) is 5.22 Å². The molecular weight excluding hydrogens is 572 g/mol. The number of amides is 1. The fourth-order valence-corrected chi connectivity index (χ4v) is 6.32. The first-order valence-electron chi connectivity index (χ1n) is 14.6. The normalized spacial score (nSPS) is 19.9. The molecule has 224 valence electrons. The first kappa shape index (κ1) is 29.8. The van der Waals surface area contributed by atoms with Crippen LogP contribution in [0.4, 0.5) is 5.69 Å². The van der Waals surface area contributed by atoms with Gasteiger partial charge in [-0.15, -0.1) is 0 Å². The first-order valence-corrected chi connectivity index (χ1v) is 15.6. The van der Waals surface area contributed by atoms with Gasteiger partial charge in [-0.25, -0.2) is 4.98 Å². The van der Waals surface area contributed by atoms with Crippen LogP contribution in [0, 0.1) is 5.92 Å². The van der Waals surface area contributed by atoms with Gasteiger partial charge in [0.05, 0.1) is 18.8 Å². The fraction of sp³-hybridized carbons (Fsp3) is 0.222.